The Balaban J connectivity index is 2.11. The van der Waals surface area contributed by atoms with E-state index in [1.807, 2.05) is 23.7 Å². The highest BCUT2D eigenvalue weighted by atomic mass is 79.9. The van der Waals surface area contributed by atoms with Gasteiger partial charge in [0.1, 0.15) is 0 Å². The normalized spacial score (nSPS) is 22.4. The number of anilines is 1. The lowest BCUT2D eigenvalue weighted by molar-refractivity contribution is 0.00348. The SMILES string of the molecule is Cc1c(N)cc(Br)cc1-c1nnnn1C1(C)CCCOC1. The van der Waals surface area contributed by atoms with Crippen molar-refractivity contribution in [2.45, 2.75) is 32.2 Å². The van der Waals surface area contributed by atoms with Crippen molar-refractivity contribution in [1.29, 1.82) is 0 Å². The summed E-state index contributed by atoms with van der Waals surface area (Å²) in [4.78, 5) is 0. The molecule has 1 aromatic carbocycles. The summed E-state index contributed by atoms with van der Waals surface area (Å²) in [5, 5.41) is 12.3. The van der Waals surface area contributed by atoms with Crippen LogP contribution >= 0.6 is 15.9 Å². The molecule has 2 heterocycles. The zero-order valence-electron chi connectivity index (χ0n) is 12.1. The Hall–Kier alpha value is -1.47. The number of halogens is 1. The molecule has 1 unspecified atom stereocenters. The first-order chi connectivity index (χ1) is 10.0. The molecule has 1 aliphatic heterocycles. The molecule has 0 aliphatic carbocycles. The summed E-state index contributed by atoms with van der Waals surface area (Å²) in [7, 11) is 0. The Labute approximate surface area is 131 Å². The minimum atomic E-state index is -0.222. The van der Waals surface area contributed by atoms with Crippen molar-refractivity contribution >= 4 is 21.6 Å². The molecule has 1 saturated heterocycles. The van der Waals surface area contributed by atoms with Gasteiger partial charge in [-0.25, -0.2) is 4.68 Å². The quantitative estimate of drug-likeness (QED) is 0.841. The maximum absolute atomic E-state index is 6.06. The molecular formula is C14H18BrN5O. The number of hydrogen-bond acceptors (Lipinski definition) is 5. The number of hydrogen-bond donors (Lipinski definition) is 1. The molecule has 112 valence electrons. The van der Waals surface area contributed by atoms with Gasteiger partial charge in [-0.2, -0.15) is 0 Å². The van der Waals surface area contributed by atoms with Crippen LogP contribution < -0.4 is 5.73 Å². The summed E-state index contributed by atoms with van der Waals surface area (Å²) >= 11 is 3.48. The first kappa shape index (κ1) is 14.5. The highest BCUT2D eigenvalue weighted by molar-refractivity contribution is 9.10. The van der Waals surface area contributed by atoms with Gasteiger partial charge in [-0.05, 0) is 54.8 Å². The topological polar surface area (TPSA) is 78.9 Å². The van der Waals surface area contributed by atoms with Crippen LogP contribution in [-0.4, -0.2) is 33.4 Å². The molecule has 3 rings (SSSR count). The van der Waals surface area contributed by atoms with E-state index in [0.29, 0.717) is 6.61 Å². The highest BCUT2D eigenvalue weighted by Gasteiger charge is 2.34. The molecule has 1 fully saturated rings. The van der Waals surface area contributed by atoms with Crippen molar-refractivity contribution in [1.82, 2.24) is 20.2 Å². The third kappa shape index (κ3) is 2.55. The maximum Gasteiger partial charge on any atom is 0.183 e. The molecular weight excluding hydrogens is 334 g/mol. The van der Waals surface area contributed by atoms with Crippen molar-refractivity contribution in [2.75, 3.05) is 18.9 Å². The van der Waals surface area contributed by atoms with Gasteiger partial charge < -0.3 is 10.5 Å². The summed E-state index contributed by atoms with van der Waals surface area (Å²) < 4.78 is 8.42. The van der Waals surface area contributed by atoms with Gasteiger partial charge in [-0.1, -0.05) is 15.9 Å². The summed E-state index contributed by atoms with van der Waals surface area (Å²) in [6, 6.07) is 3.89. The van der Waals surface area contributed by atoms with Crippen molar-refractivity contribution in [2.24, 2.45) is 0 Å². The van der Waals surface area contributed by atoms with Gasteiger partial charge in [0.05, 0.1) is 12.1 Å². The lowest BCUT2D eigenvalue weighted by atomic mass is 9.94. The largest absolute Gasteiger partial charge is 0.398 e. The maximum atomic E-state index is 6.06. The molecule has 0 saturated carbocycles. The van der Waals surface area contributed by atoms with Crippen molar-refractivity contribution < 1.29 is 4.74 Å². The fourth-order valence-electron chi connectivity index (χ4n) is 2.74. The van der Waals surface area contributed by atoms with Gasteiger partial charge in [-0.3, -0.25) is 0 Å². The van der Waals surface area contributed by atoms with E-state index in [1.165, 1.54) is 0 Å². The van der Waals surface area contributed by atoms with E-state index in [2.05, 4.69) is 38.4 Å². The van der Waals surface area contributed by atoms with Crippen LogP contribution in [0.25, 0.3) is 11.4 Å². The molecule has 0 amide bonds. The molecule has 21 heavy (non-hydrogen) atoms. The first-order valence-electron chi connectivity index (χ1n) is 6.94. The van der Waals surface area contributed by atoms with E-state index in [-0.39, 0.29) is 5.54 Å². The Morgan fingerprint density at radius 1 is 1.43 bits per heavy atom. The second kappa shape index (κ2) is 5.38. The number of aromatic nitrogens is 4. The first-order valence-corrected chi connectivity index (χ1v) is 7.73. The Kier molecular flexibility index (Phi) is 3.71. The van der Waals surface area contributed by atoms with Gasteiger partial charge in [0.2, 0.25) is 0 Å². The van der Waals surface area contributed by atoms with Crippen molar-refractivity contribution in [3.8, 4) is 11.4 Å². The highest BCUT2D eigenvalue weighted by Crippen LogP contribution is 2.34. The number of ether oxygens (including phenoxy) is 1. The zero-order valence-corrected chi connectivity index (χ0v) is 13.7. The monoisotopic (exact) mass is 351 g/mol. The van der Waals surface area contributed by atoms with Crippen LogP contribution in [0.5, 0.6) is 0 Å². The van der Waals surface area contributed by atoms with Crippen LogP contribution in [0.2, 0.25) is 0 Å². The third-order valence-electron chi connectivity index (χ3n) is 4.05. The minimum absolute atomic E-state index is 0.222. The fourth-order valence-corrected chi connectivity index (χ4v) is 3.21. The molecule has 1 atom stereocenters. The van der Waals surface area contributed by atoms with E-state index in [4.69, 9.17) is 10.5 Å². The van der Waals surface area contributed by atoms with Gasteiger partial charge >= 0.3 is 0 Å². The zero-order chi connectivity index (χ0) is 15.0. The lowest BCUT2D eigenvalue weighted by Crippen LogP contribution is -2.40. The average molecular weight is 352 g/mol. The number of tetrazole rings is 1. The Morgan fingerprint density at radius 2 is 2.24 bits per heavy atom. The Morgan fingerprint density at radius 3 is 2.95 bits per heavy atom. The van der Waals surface area contributed by atoms with E-state index < -0.39 is 0 Å². The fraction of sp³-hybridized carbons (Fsp3) is 0.500. The van der Waals surface area contributed by atoms with E-state index >= 15 is 0 Å². The number of nitrogens with two attached hydrogens (primary N) is 1. The molecule has 0 bridgehead atoms. The van der Waals surface area contributed by atoms with Crippen LogP contribution in [0.3, 0.4) is 0 Å². The lowest BCUT2D eigenvalue weighted by Gasteiger charge is -2.33. The van der Waals surface area contributed by atoms with Gasteiger partial charge in [0.15, 0.2) is 5.82 Å². The van der Waals surface area contributed by atoms with Gasteiger partial charge in [0, 0.05) is 22.3 Å². The van der Waals surface area contributed by atoms with Crippen LogP contribution in [0, 0.1) is 6.92 Å². The van der Waals surface area contributed by atoms with Crippen molar-refractivity contribution in [3.63, 3.8) is 0 Å². The molecule has 0 spiro atoms. The van der Waals surface area contributed by atoms with Crippen LogP contribution in [0.4, 0.5) is 5.69 Å². The molecule has 2 N–H and O–H groups in total. The van der Waals surface area contributed by atoms with E-state index in [1.54, 1.807) is 0 Å². The summed E-state index contributed by atoms with van der Waals surface area (Å²) in [6.45, 7) is 5.53. The second-order valence-electron chi connectivity index (χ2n) is 5.73. The summed E-state index contributed by atoms with van der Waals surface area (Å²) in [6.07, 6.45) is 2.00. The standard InChI is InChI=1S/C14H18BrN5O/c1-9-11(6-10(15)7-12(9)16)13-17-18-19-20(13)14(2)4-3-5-21-8-14/h6-7H,3-5,8,16H2,1-2H3. The van der Waals surface area contributed by atoms with Gasteiger partial charge in [0.25, 0.3) is 0 Å². The minimum Gasteiger partial charge on any atom is -0.398 e. The molecule has 0 radical (unpaired) electrons. The van der Waals surface area contributed by atoms with Crippen LogP contribution in [0.1, 0.15) is 25.3 Å². The van der Waals surface area contributed by atoms with Gasteiger partial charge in [-0.15, -0.1) is 5.10 Å². The summed E-state index contributed by atoms with van der Waals surface area (Å²) in [5.41, 5.74) is 8.48. The summed E-state index contributed by atoms with van der Waals surface area (Å²) in [5.74, 6) is 0.730. The predicted octanol–water partition coefficient (Wildman–Crippen LogP) is 2.52. The number of nitrogen functional groups attached to an aromatic ring is 1. The van der Waals surface area contributed by atoms with E-state index in [9.17, 15) is 0 Å². The molecule has 7 heteroatoms. The average Bonchev–Trinajstić information content (AvgIpc) is 2.93. The smallest absolute Gasteiger partial charge is 0.183 e. The van der Waals surface area contributed by atoms with Crippen LogP contribution in [-0.2, 0) is 10.3 Å². The molecule has 6 nitrogen and oxygen atoms in total. The number of nitrogens with zero attached hydrogens (tertiary/aromatic N) is 4. The predicted molar refractivity (Wildman–Crippen MR) is 83.8 cm³/mol. The third-order valence-corrected chi connectivity index (χ3v) is 4.51. The van der Waals surface area contributed by atoms with E-state index in [0.717, 1.165) is 46.6 Å². The number of rotatable bonds is 2. The molecule has 2 aromatic rings. The Bertz CT molecular complexity index is 663. The second-order valence-corrected chi connectivity index (χ2v) is 6.65. The molecule has 1 aliphatic rings. The number of benzene rings is 1. The van der Waals surface area contributed by atoms with Crippen molar-refractivity contribution in [3.05, 3.63) is 22.2 Å². The molecule has 1 aromatic heterocycles. The van der Waals surface area contributed by atoms with Crippen LogP contribution in [0.15, 0.2) is 16.6 Å².